The summed E-state index contributed by atoms with van der Waals surface area (Å²) in [5.41, 5.74) is 5.31. The van der Waals surface area contributed by atoms with Gasteiger partial charge in [0, 0.05) is 6.54 Å². The molecule has 0 rings (SSSR count). The molecule has 3 N–H and O–H groups in total. The van der Waals surface area contributed by atoms with E-state index in [0.29, 0.717) is 0 Å². The van der Waals surface area contributed by atoms with Gasteiger partial charge in [0.25, 0.3) is 6.29 Å². The van der Waals surface area contributed by atoms with Crippen molar-refractivity contribution >= 4 is 43.3 Å². The molecule has 0 amide bonds. The molecular formula is C36H68NO8PS2. The van der Waals surface area contributed by atoms with Crippen LogP contribution in [0.25, 0.3) is 0 Å². The molecule has 0 aliphatic rings. The van der Waals surface area contributed by atoms with Gasteiger partial charge in [0.1, 0.15) is 6.61 Å². The molecule has 0 saturated carbocycles. The molecule has 0 aromatic heterocycles. The van der Waals surface area contributed by atoms with Crippen LogP contribution in [0, 0.1) is 0 Å². The minimum absolute atomic E-state index is 0.0293. The monoisotopic (exact) mass is 737 g/mol. The lowest BCUT2D eigenvalue weighted by Gasteiger charge is -2.19. The number of ether oxygens (including phenoxy) is 2. The first-order valence-corrected chi connectivity index (χ1v) is 22.3. The van der Waals surface area contributed by atoms with Gasteiger partial charge in [-0.2, -0.15) is 23.5 Å². The van der Waals surface area contributed by atoms with Crippen molar-refractivity contribution in [3.8, 4) is 0 Å². The number of carbonyl (C=O) groups is 2. The average molecular weight is 738 g/mol. The summed E-state index contributed by atoms with van der Waals surface area (Å²) in [6.07, 6.45) is 31.6. The normalized spacial score (nSPS) is 13.1. The topological polar surface area (TPSA) is 134 Å². The van der Waals surface area contributed by atoms with E-state index in [1.807, 2.05) is 0 Å². The summed E-state index contributed by atoms with van der Waals surface area (Å²) < 4.78 is 32.3. The number of phosphoric acid groups is 1. The van der Waals surface area contributed by atoms with Gasteiger partial charge < -0.3 is 20.1 Å². The molecule has 0 fully saturated rings. The molecule has 0 aliphatic heterocycles. The quantitative estimate of drug-likeness (QED) is 0.0209. The molecule has 1 unspecified atom stereocenters. The summed E-state index contributed by atoms with van der Waals surface area (Å²) >= 11 is 2.89. The zero-order valence-corrected chi connectivity index (χ0v) is 32.7. The second-order valence-electron chi connectivity index (χ2n) is 11.9. The van der Waals surface area contributed by atoms with Crippen LogP contribution < -0.4 is 5.73 Å². The minimum Gasteiger partial charge on any atom is -0.422 e. The molecule has 48 heavy (non-hydrogen) atoms. The number of esters is 2. The highest BCUT2D eigenvalue weighted by Gasteiger charge is 2.27. The van der Waals surface area contributed by atoms with Gasteiger partial charge in [0.15, 0.2) is 0 Å². The van der Waals surface area contributed by atoms with Crippen molar-refractivity contribution in [3.63, 3.8) is 0 Å². The molecule has 1 atom stereocenters. The molecule has 0 aromatic carbocycles. The van der Waals surface area contributed by atoms with Crippen LogP contribution in [-0.4, -0.2) is 65.9 Å². The molecule has 0 aliphatic carbocycles. The molecule has 0 bridgehead atoms. The lowest BCUT2D eigenvalue weighted by Crippen LogP contribution is -2.30. The maximum Gasteiger partial charge on any atom is 0.472 e. The number of rotatable bonds is 36. The van der Waals surface area contributed by atoms with Crippen LogP contribution in [0.2, 0.25) is 0 Å². The molecule has 0 saturated heterocycles. The number of allylic oxidation sites excluding steroid dienone is 4. The van der Waals surface area contributed by atoms with Crippen LogP contribution in [0.1, 0.15) is 142 Å². The van der Waals surface area contributed by atoms with Gasteiger partial charge in [-0.3, -0.25) is 18.6 Å². The predicted molar refractivity (Wildman–Crippen MR) is 203 cm³/mol. The van der Waals surface area contributed by atoms with Crippen molar-refractivity contribution in [2.24, 2.45) is 5.73 Å². The third-order valence-corrected chi connectivity index (χ3v) is 10.3. The van der Waals surface area contributed by atoms with Gasteiger partial charge in [0.05, 0.1) is 18.1 Å². The first-order chi connectivity index (χ1) is 23.3. The maximum absolute atomic E-state index is 12.5. The first-order valence-electron chi connectivity index (χ1n) is 18.5. The summed E-state index contributed by atoms with van der Waals surface area (Å²) in [6.45, 7) is 3.69. The Morgan fingerprint density at radius 2 is 1.04 bits per heavy atom. The van der Waals surface area contributed by atoms with Crippen LogP contribution >= 0.6 is 31.3 Å². The van der Waals surface area contributed by atoms with Crippen molar-refractivity contribution in [2.75, 3.05) is 42.8 Å². The number of phosphoric ester groups is 1. The van der Waals surface area contributed by atoms with Crippen molar-refractivity contribution < 1.29 is 37.6 Å². The summed E-state index contributed by atoms with van der Waals surface area (Å²) in [7, 11) is -4.44. The van der Waals surface area contributed by atoms with Crippen molar-refractivity contribution in [2.45, 2.75) is 149 Å². The van der Waals surface area contributed by atoms with E-state index in [1.165, 1.54) is 87.7 Å². The highest BCUT2D eigenvalue weighted by atomic mass is 32.2. The Morgan fingerprint density at radius 3 is 1.44 bits per heavy atom. The van der Waals surface area contributed by atoms with Crippen molar-refractivity contribution in [1.82, 2.24) is 0 Å². The van der Waals surface area contributed by atoms with E-state index in [2.05, 4.69) is 38.2 Å². The zero-order chi connectivity index (χ0) is 35.4. The lowest BCUT2D eigenvalue weighted by molar-refractivity contribution is -0.189. The zero-order valence-electron chi connectivity index (χ0n) is 30.1. The first kappa shape index (κ1) is 47.2. The van der Waals surface area contributed by atoms with Gasteiger partial charge in [-0.25, -0.2) is 4.57 Å². The van der Waals surface area contributed by atoms with E-state index in [-0.39, 0.29) is 24.7 Å². The number of nitrogens with two attached hydrogens (primary N) is 1. The average Bonchev–Trinajstić information content (AvgIpc) is 3.06. The molecule has 0 heterocycles. The van der Waals surface area contributed by atoms with Crippen molar-refractivity contribution in [1.29, 1.82) is 0 Å². The SMILES string of the molecule is CCCCCCC/C=C/CCCCCSCC(=O)OC(COP(=O)(O)OCCN)OC(=O)CSCCCCC/C=C/CCCCCCC. The van der Waals surface area contributed by atoms with Gasteiger partial charge in [-0.15, -0.1) is 0 Å². The highest BCUT2D eigenvalue weighted by Crippen LogP contribution is 2.43. The van der Waals surface area contributed by atoms with Gasteiger partial charge in [-0.1, -0.05) is 102 Å². The van der Waals surface area contributed by atoms with E-state index in [1.54, 1.807) is 0 Å². The number of unbranched alkanes of at least 4 members (excludes halogenated alkanes) is 16. The Hall–Kier alpha value is -0.810. The standard InChI is InChI=1S/C36H68NO8PS2/c1-3-5-7-9-11-13-15-17-19-21-23-25-29-47-32-34(38)44-36(31-43-46(40,41)42-28-27-37)45-35(39)33-48-30-26-24-22-20-18-16-14-12-10-8-6-4-2/h15-18,36H,3-14,19-33,37H2,1-2H3,(H,40,41)/b17-15+,18-16+. The maximum atomic E-state index is 12.5. The lowest BCUT2D eigenvalue weighted by atomic mass is 10.1. The van der Waals surface area contributed by atoms with Gasteiger partial charge in [-0.05, 0) is 75.7 Å². The number of carbonyl (C=O) groups excluding carboxylic acids is 2. The second kappa shape index (κ2) is 36.0. The van der Waals surface area contributed by atoms with Crippen LogP contribution in [0.5, 0.6) is 0 Å². The summed E-state index contributed by atoms with van der Waals surface area (Å²) in [5, 5.41) is 0. The third-order valence-electron chi connectivity index (χ3n) is 7.31. The second-order valence-corrected chi connectivity index (χ2v) is 15.6. The molecule has 0 radical (unpaired) electrons. The molecule has 9 nitrogen and oxygen atoms in total. The van der Waals surface area contributed by atoms with Crippen LogP contribution in [0.15, 0.2) is 24.3 Å². The Balaban J connectivity index is 4.26. The highest BCUT2D eigenvalue weighted by molar-refractivity contribution is 8.00. The molecule has 0 aromatic rings. The Kier molecular flexibility index (Phi) is 35.4. The summed E-state index contributed by atoms with van der Waals surface area (Å²) in [5.74, 6) is 0.601. The van der Waals surface area contributed by atoms with E-state index >= 15 is 0 Å². The van der Waals surface area contributed by atoms with E-state index < -0.39 is 32.7 Å². The number of hydrogen-bond acceptors (Lipinski definition) is 10. The fraction of sp³-hybridized carbons (Fsp3) is 0.833. The van der Waals surface area contributed by atoms with Gasteiger partial charge >= 0.3 is 19.8 Å². The molecule has 0 spiro atoms. The third kappa shape index (κ3) is 35.0. The fourth-order valence-corrected chi connectivity index (χ4v) is 6.91. The number of thioether (sulfide) groups is 2. The largest absolute Gasteiger partial charge is 0.472 e. The summed E-state index contributed by atoms with van der Waals surface area (Å²) in [4.78, 5) is 34.7. The van der Waals surface area contributed by atoms with E-state index in [0.717, 1.165) is 75.7 Å². The van der Waals surface area contributed by atoms with Crippen molar-refractivity contribution in [3.05, 3.63) is 24.3 Å². The Bertz CT molecular complexity index is 810. The van der Waals surface area contributed by atoms with Crippen LogP contribution in [-0.2, 0) is 32.7 Å². The predicted octanol–water partition coefficient (Wildman–Crippen LogP) is 9.91. The molecular weight excluding hydrogens is 670 g/mol. The molecule has 282 valence electrons. The van der Waals surface area contributed by atoms with Crippen LogP contribution in [0.3, 0.4) is 0 Å². The minimum atomic E-state index is -4.44. The number of hydrogen-bond donors (Lipinski definition) is 2. The summed E-state index contributed by atoms with van der Waals surface area (Å²) in [6, 6.07) is 0. The van der Waals surface area contributed by atoms with Gasteiger partial charge in [0.2, 0.25) is 0 Å². The van der Waals surface area contributed by atoms with E-state index in [9.17, 15) is 19.0 Å². The van der Waals surface area contributed by atoms with E-state index in [4.69, 9.17) is 24.3 Å². The van der Waals surface area contributed by atoms with Crippen LogP contribution in [0.4, 0.5) is 0 Å². The Labute approximate surface area is 301 Å². The molecule has 12 heteroatoms. The fourth-order valence-electron chi connectivity index (χ4n) is 4.61. The Morgan fingerprint density at radius 1 is 0.646 bits per heavy atom. The smallest absolute Gasteiger partial charge is 0.422 e.